The molecule has 2 rings (SSSR count). The summed E-state index contributed by atoms with van der Waals surface area (Å²) in [5.74, 6) is -1.37. The van der Waals surface area contributed by atoms with Crippen LogP contribution in [-0.4, -0.2) is 51.7 Å². The van der Waals surface area contributed by atoms with Gasteiger partial charge in [-0.15, -0.1) is 0 Å². The topological polar surface area (TPSA) is 155 Å². The van der Waals surface area contributed by atoms with Crippen molar-refractivity contribution >= 4 is 24.0 Å². The van der Waals surface area contributed by atoms with Gasteiger partial charge < -0.3 is 20.5 Å². The molecule has 172 valence electrons. The van der Waals surface area contributed by atoms with Gasteiger partial charge in [0.2, 0.25) is 11.8 Å². The molecule has 0 radical (unpaired) electrons. The van der Waals surface area contributed by atoms with Crippen molar-refractivity contribution in [2.45, 2.75) is 45.4 Å². The molecule has 1 aromatic heterocycles. The first-order valence-electron chi connectivity index (χ1n) is 9.83. The minimum absolute atomic E-state index is 0.0263. The van der Waals surface area contributed by atoms with Gasteiger partial charge in [0.15, 0.2) is 0 Å². The largest absolute Gasteiger partial charge is 0.444 e. The molecule has 11 nitrogen and oxygen atoms in total. The zero-order chi connectivity index (χ0) is 23.7. The number of benzene rings is 1. The molecule has 1 aromatic carbocycles. The van der Waals surface area contributed by atoms with Gasteiger partial charge in [-0.25, -0.2) is 19.1 Å². The van der Waals surface area contributed by atoms with Crippen LogP contribution in [0.3, 0.4) is 0 Å². The molecule has 0 fully saturated rings. The van der Waals surface area contributed by atoms with Crippen molar-refractivity contribution in [1.29, 1.82) is 0 Å². The lowest BCUT2D eigenvalue weighted by molar-refractivity contribution is -0.126. The first-order chi connectivity index (χ1) is 15.0. The number of carbonyl (C=O) groups excluding carboxylic acids is 4. The second kappa shape index (κ2) is 11.0. The highest BCUT2D eigenvalue weighted by atomic mass is 16.6. The van der Waals surface area contributed by atoms with Gasteiger partial charge in [-0.2, -0.15) is 0 Å². The molecule has 0 saturated heterocycles. The molecule has 0 spiro atoms. The molecule has 1 heterocycles. The predicted molar refractivity (Wildman–Crippen MR) is 113 cm³/mol. The van der Waals surface area contributed by atoms with Crippen LogP contribution in [0.15, 0.2) is 42.9 Å². The number of rotatable bonds is 7. The van der Waals surface area contributed by atoms with E-state index in [9.17, 15) is 19.2 Å². The van der Waals surface area contributed by atoms with Crippen LogP contribution in [0.5, 0.6) is 0 Å². The molecule has 3 amide bonds. The number of carbonyl (C=O) groups is 4. The molecule has 0 unspecified atom stereocenters. The lowest BCUT2D eigenvalue weighted by Gasteiger charge is -2.19. The van der Waals surface area contributed by atoms with Gasteiger partial charge in [0, 0.05) is 12.6 Å². The normalized spacial score (nSPS) is 11.9. The second-order valence-electron chi connectivity index (χ2n) is 7.89. The maximum Gasteiger partial charge on any atom is 0.419 e. The minimum atomic E-state index is -1.02. The summed E-state index contributed by atoms with van der Waals surface area (Å²) in [6.07, 6.45) is 1.17. The molecule has 0 bridgehead atoms. The van der Waals surface area contributed by atoms with Crippen molar-refractivity contribution in [2.24, 2.45) is 5.73 Å². The maximum absolute atomic E-state index is 12.1. The summed E-state index contributed by atoms with van der Waals surface area (Å²) in [4.78, 5) is 51.5. The molecule has 0 aliphatic carbocycles. The monoisotopic (exact) mass is 445 g/mol. The third-order valence-electron chi connectivity index (χ3n) is 3.88. The maximum atomic E-state index is 12.1. The fourth-order valence-electron chi connectivity index (χ4n) is 2.44. The highest BCUT2D eigenvalue weighted by Gasteiger charge is 2.20. The van der Waals surface area contributed by atoms with Crippen LogP contribution in [0.2, 0.25) is 0 Å². The van der Waals surface area contributed by atoms with Crippen LogP contribution < -0.4 is 16.4 Å². The Morgan fingerprint density at radius 1 is 1.16 bits per heavy atom. The standard InChI is InChI=1S/C21H27N5O6/c1-21(2,3)32-19(29)25-17(27)10-23-18(28)16(22)9-15-11-26(13-24-15)20(30)31-12-14-7-5-4-6-8-14/h4-8,11,13,16H,9-10,12,22H2,1-3H3,(H,23,28)(H,25,27,29)/t16-/m0/s1. The van der Waals surface area contributed by atoms with Gasteiger partial charge in [-0.3, -0.25) is 14.9 Å². The van der Waals surface area contributed by atoms with Gasteiger partial charge in [0.05, 0.1) is 18.3 Å². The second-order valence-corrected chi connectivity index (χ2v) is 7.89. The Balaban J connectivity index is 1.76. The smallest absolute Gasteiger partial charge is 0.419 e. The molecule has 0 aliphatic heterocycles. The number of hydrogen-bond acceptors (Lipinski definition) is 8. The highest BCUT2D eigenvalue weighted by molar-refractivity contribution is 5.95. The lowest BCUT2D eigenvalue weighted by atomic mass is 10.1. The van der Waals surface area contributed by atoms with Gasteiger partial charge in [-0.1, -0.05) is 30.3 Å². The Morgan fingerprint density at radius 2 is 1.84 bits per heavy atom. The summed E-state index contributed by atoms with van der Waals surface area (Å²) in [7, 11) is 0. The van der Waals surface area contributed by atoms with Crippen LogP contribution in [-0.2, 0) is 32.1 Å². The Labute approximate surface area is 185 Å². The fraction of sp³-hybridized carbons (Fsp3) is 0.381. The van der Waals surface area contributed by atoms with E-state index in [1.165, 1.54) is 12.5 Å². The molecule has 32 heavy (non-hydrogen) atoms. The van der Waals surface area contributed by atoms with Crippen LogP contribution in [0.4, 0.5) is 9.59 Å². The number of imidazole rings is 1. The number of alkyl carbamates (subject to hydrolysis) is 1. The zero-order valence-electron chi connectivity index (χ0n) is 18.2. The number of imide groups is 1. The SMILES string of the molecule is CC(C)(C)OC(=O)NC(=O)CNC(=O)[C@@H](N)Cc1cn(C(=O)OCc2ccccc2)cn1. The van der Waals surface area contributed by atoms with E-state index in [4.69, 9.17) is 15.2 Å². The van der Waals surface area contributed by atoms with Gasteiger partial charge in [-0.05, 0) is 26.3 Å². The van der Waals surface area contributed by atoms with Crippen molar-refractivity contribution in [3.05, 3.63) is 54.1 Å². The number of aromatic nitrogens is 2. The summed E-state index contributed by atoms with van der Waals surface area (Å²) in [6, 6.07) is 8.18. The first-order valence-corrected chi connectivity index (χ1v) is 9.83. The Hall–Kier alpha value is -3.73. The van der Waals surface area contributed by atoms with Crippen LogP contribution >= 0.6 is 0 Å². The van der Waals surface area contributed by atoms with E-state index < -0.39 is 42.2 Å². The first kappa shape index (κ1) is 24.5. The molecule has 11 heteroatoms. The Bertz CT molecular complexity index is 951. The molecule has 1 atom stereocenters. The van der Waals surface area contributed by atoms with E-state index >= 15 is 0 Å². The fourth-order valence-corrected chi connectivity index (χ4v) is 2.44. The third-order valence-corrected chi connectivity index (χ3v) is 3.88. The third kappa shape index (κ3) is 8.56. The number of hydrogen-bond donors (Lipinski definition) is 3. The summed E-state index contributed by atoms with van der Waals surface area (Å²) in [6.45, 7) is 4.62. The van der Waals surface area contributed by atoms with E-state index in [-0.39, 0.29) is 13.0 Å². The molecule has 4 N–H and O–H groups in total. The lowest BCUT2D eigenvalue weighted by Crippen LogP contribution is -2.47. The average Bonchev–Trinajstić information content (AvgIpc) is 3.18. The van der Waals surface area contributed by atoms with Gasteiger partial charge in [0.1, 0.15) is 18.5 Å². The van der Waals surface area contributed by atoms with Crippen LogP contribution in [0.25, 0.3) is 0 Å². The number of nitrogens with zero attached hydrogens (tertiary/aromatic N) is 2. The molecular weight excluding hydrogens is 418 g/mol. The predicted octanol–water partition coefficient (Wildman–Crippen LogP) is 1.11. The van der Waals surface area contributed by atoms with Crippen LogP contribution in [0.1, 0.15) is 32.0 Å². The highest BCUT2D eigenvalue weighted by Crippen LogP contribution is 2.06. The Kier molecular flexibility index (Phi) is 8.47. The van der Waals surface area contributed by atoms with Crippen molar-refractivity contribution in [3.8, 4) is 0 Å². The number of amides is 3. The van der Waals surface area contributed by atoms with Crippen molar-refractivity contribution in [2.75, 3.05) is 6.54 Å². The number of nitrogens with one attached hydrogen (secondary N) is 2. The van der Waals surface area contributed by atoms with E-state index in [0.717, 1.165) is 10.1 Å². The van der Waals surface area contributed by atoms with Crippen molar-refractivity contribution in [1.82, 2.24) is 20.2 Å². The Morgan fingerprint density at radius 3 is 2.50 bits per heavy atom. The van der Waals surface area contributed by atoms with E-state index in [2.05, 4.69) is 10.3 Å². The molecule has 0 saturated carbocycles. The average molecular weight is 445 g/mol. The van der Waals surface area contributed by atoms with E-state index in [1.807, 2.05) is 35.6 Å². The van der Waals surface area contributed by atoms with Crippen LogP contribution in [0, 0.1) is 0 Å². The van der Waals surface area contributed by atoms with Gasteiger partial charge in [0.25, 0.3) is 0 Å². The summed E-state index contributed by atoms with van der Waals surface area (Å²) >= 11 is 0. The zero-order valence-corrected chi connectivity index (χ0v) is 18.2. The van der Waals surface area contributed by atoms with Crippen molar-refractivity contribution < 1.29 is 28.7 Å². The number of nitrogens with two attached hydrogens (primary N) is 1. The summed E-state index contributed by atoms with van der Waals surface area (Å²) in [5.41, 5.74) is 6.32. The quantitative estimate of drug-likeness (QED) is 0.572. The molecular formula is C21H27N5O6. The van der Waals surface area contributed by atoms with E-state index in [0.29, 0.717) is 5.69 Å². The molecule has 2 aromatic rings. The van der Waals surface area contributed by atoms with Gasteiger partial charge >= 0.3 is 12.2 Å². The summed E-state index contributed by atoms with van der Waals surface area (Å²) in [5, 5.41) is 4.33. The molecule has 0 aliphatic rings. The summed E-state index contributed by atoms with van der Waals surface area (Å²) < 4.78 is 11.3. The minimum Gasteiger partial charge on any atom is -0.444 e. The van der Waals surface area contributed by atoms with E-state index in [1.54, 1.807) is 20.8 Å². The number of ether oxygens (including phenoxy) is 2. The van der Waals surface area contributed by atoms with Crippen molar-refractivity contribution in [3.63, 3.8) is 0 Å².